The first-order valence-electron chi connectivity index (χ1n) is 9.36. The maximum Gasteiger partial charge on any atom is 0.266 e. The van der Waals surface area contributed by atoms with Gasteiger partial charge in [0.1, 0.15) is 10.4 Å². The second-order valence-electron chi connectivity index (χ2n) is 6.97. The highest BCUT2D eigenvalue weighted by Gasteiger charge is 2.40. The Bertz CT molecular complexity index is 795. The zero-order valence-corrected chi connectivity index (χ0v) is 18.0. The smallest absolute Gasteiger partial charge is 0.266 e. The first-order chi connectivity index (χ1) is 13.4. The van der Waals surface area contributed by atoms with Gasteiger partial charge in [-0.2, -0.15) is 0 Å². The number of amides is 2. The van der Waals surface area contributed by atoms with Crippen molar-refractivity contribution in [2.75, 3.05) is 13.2 Å². The Labute approximate surface area is 179 Å². The van der Waals surface area contributed by atoms with Gasteiger partial charge in [-0.25, -0.2) is 0 Å². The SMILES string of the molecule is C[C@H](C(=O)N1CCCC[C@H]1CCO)N1C(=O)/C(=C/c2ccc(Cl)cc2)SC1=S. The van der Waals surface area contributed by atoms with Crippen LogP contribution in [-0.2, 0) is 9.59 Å². The summed E-state index contributed by atoms with van der Waals surface area (Å²) in [4.78, 5) is 29.8. The molecule has 1 aromatic rings. The Balaban J connectivity index is 1.76. The number of aliphatic hydroxyl groups is 1. The molecule has 1 N–H and O–H groups in total. The number of aliphatic hydroxyl groups excluding tert-OH is 1. The lowest BCUT2D eigenvalue weighted by Gasteiger charge is -2.38. The number of carbonyl (C=O) groups is 2. The molecular weight excluding hydrogens is 416 g/mol. The number of hydrogen-bond acceptors (Lipinski definition) is 5. The van der Waals surface area contributed by atoms with Crippen LogP contribution in [0.15, 0.2) is 29.2 Å². The van der Waals surface area contributed by atoms with E-state index in [1.807, 2.05) is 17.0 Å². The minimum absolute atomic E-state index is 0.0247. The van der Waals surface area contributed by atoms with Crippen LogP contribution in [0.2, 0.25) is 5.02 Å². The van der Waals surface area contributed by atoms with Gasteiger partial charge in [-0.3, -0.25) is 14.5 Å². The molecule has 0 spiro atoms. The van der Waals surface area contributed by atoms with Crippen molar-refractivity contribution in [1.82, 2.24) is 9.80 Å². The maximum atomic E-state index is 13.1. The van der Waals surface area contributed by atoms with Crippen LogP contribution in [0, 0.1) is 0 Å². The molecule has 2 aliphatic heterocycles. The molecule has 0 saturated carbocycles. The molecule has 2 heterocycles. The summed E-state index contributed by atoms with van der Waals surface area (Å²) in [5.41, 5.74) is 0.850. The van der Waals surface area contributed by atoms with Gasteiger partial charge in [0.2, 0.25) is 5.91 Å². The van der Waals surface area contributed by atoms with E-state index in [-0.39, 0.29) is 24.5 Å². The first-order valence-corrected chi connectivity index (χ1v) is 11.0. The average molecular weight is 439 g/mol. The minimum atomic E-state index is -0.664. The van der Waals surface area contributed by atoms with Gasteiger partial charge in [0.25, 0.3) is 5.91 Å². The summed E-state index contributed by atoms with van der Waals surface area (Å²) >= 11 is 12.5. The summed E-state index contributed by atoms with van der Waals surface area (Å²) in [6, 6.07) is 6.54. The molecule has 0 bridgehead atoms. The molecule has 2 aliphatic rings. The minimum Gasteiger partial charge on any atom is -0.396 e. The van der Waals surface area contributed by atoms with Crippen molar-refractivity contribution in [3.63, 3.8) is 0 Å². The maximum absolute atomic E-state index is 13.1. The van der Waals surface area contributed by atoms with Crippen molar-refractivity contribution in [3.05, 3.63) is 39.8 Å². The Hall–Kier alpha value is -1.41. The molecule has 2 atom stereocenters. The molecular formula is C20H23ClN2O3S2. The lowest BCUT2D eigenvalue weighted by atomic mass is 9.98. The van der Waals surface area contributed by atoms with Crippen LogP contribution < -0.4 is 0 Å². The van der Waals surface area contributed by atoms with E-state index in [0.717, 1.165) is 24.8 Å². The van der Waals surface area contributed by atoms with Gasteiger partial charge in [-0.15, -0.1) is 0 Å². The molecule has 0 aliphatic carbocycles. The summed E-state index contributed by atoms with van der Waals surface area (Å²) in [6.45, 7) is 2.43. The van der Waals surface area contributed by atoms with Crippen molar-refractivity contribution in [2.45, 2.75) is 44.7 Å². The monoisotopic (exact) mass is 438 g/mol. The number of thioether (sulfide) groups is 1. The molecule has 2 saturated heterocycles. The predicted octanol–water partition coefficient (Wildman–Crippen LogP) is 3.69. The van der Waals surface area contributed by atoms with E-state index in [1.54, 1.807) is 25.1 Å². The molecule has 2 amide bonds. The molecule has 3 rings (SSSR count). The molecule has 2 fully saturated rings. The molecule has 0 unspecified atom stereocenters. The third-order valence-corrected chi connectivity index (χ3v) is 6.69. The second kappa shape index (κ2) is 9.39. The highest BCUT2D eigenvalue weighted by Crippen LogP contribution is 2.35. The zero-order valence-electron chi connectivity index (χ0n) is 15.6. The van der Waals surface area contributed by atoms with Gasteiger partial charge in [-0.1, -0.05) is 47.7 Å². The second-order valence-corrected chi connectivity index (χ2v) is 9.08. The lowest BCUT2D eigenvalue weighted by molar-refractivity contribution is -0.142. The van der Waals surface area contributed by atoms with Crippen LogP contribution in [0.3, 0.4) is 0 Å². The van der Waals surface area contributed by atoms with Crippen LogP contribution in [0.5, 0.6) is 0 Å². The molecule has 150 valence electrons. The van der Waals surface area contributed by atoms with Gasteiger partial charge >= 0.3 is 0 Å². The number of carbonyl (C=O) groups excluding carboxylic acids is 2. The summed E-state index contributed by atoms with van der Waals surface area (Å²) in [7, 11) is 0. The summed E-state index contributed by atoms with van der Waals surface area (Å²) in [6.07, 6.45) is 5.20. The molecule has 0 aromatic heterocycles. The Morgan fingerprint density at radius 2 is 2.11 bits per heavy atom. The molecule has 28 heavy (non-hydrogen) atoms. The van der Waals surface area contributed by atoms with E-state index in [2.05, 4.69) is 0 Å². The van der Waals surface area contributed by atoms with Crippen LogP contribution in [0.25, 0.3) is 6.08 Å². The van der Waals surface area contributed by atoms with Crippen LogP contribution in [0.1, 0.15) is 38.2 Å². The fraction of sp³-hybridized carbons (Fsp3) is 0.450. The molecule has 5 nitrogen and oxygen atoms in total. The van der Waals surface area contributed by atoms with Crippen molar-refractivity contribution < 1.29 is 14.7 Å². The summed E-state index contributed by atoms with van der Waals surface area (Å²) in [5, 5.41) is 9.93. The molecule has 8 heteroatoms. The number of piperidine rings is 1. The number of rotatable bonds is 5. The normalized spacial score (nSPS) is 22.8. The van der Waals surface area contributed by atoms with E-state index in [4.69, 9.17) is 23.8 Å². The summed E-state index contributed by atoms with van der Waals surface area (Å²) in [5.74, 6) is -0.358. The Kier molecular flexibility index (Phi) is 7.15. The fourth-order valence-corrected chi connectivity index (χ4v) is 5.16. The number of halogens is 1. The van der Waals surface area contributed by atoms with E-state index < -0.39 is 6.04 Å². The first kappa shape index (κ1) is 21.3. The predicted molar refractivity (Wildman–Crippen MR) is 117 cm³/mol. The standard InChI is InChI=1S/C20H23ClN2O3S2/c1-13(18(25)22-10-3-2-4-16(22)9-11-24)23-19(26)17(28-20(23)27)12-14-5-7-15(21)8-6-14/h5-8,12-13,16,24H,2-4,9-11H2,1H3/b17-12-/t13-,16+/m1/s1. The highest BCUT2D eigenvalue weighted by atomic mass is 35.5. The van der Waals surface area contributed by atoms with Gasteiger partial charge < -0.3 is 10.0 Å². The van der Waals surface area contributed by atoms with E-state index in [9.17, 15) is 14.7 Å². The van der Waals surface area contributed by atoms with Crippen LogP contribution in [0.4, 0.5) is 0 Å². The quantitative estimate of drug-likeness (QED) is 0.561. The molecule has 0 radical (unpaired) electrons. The van der Waals surface area contributed by atoms with Crippen molar-refractivity contribution in [2.24, 2.45) is 0 Å². The average Bonchev–Trinajstić information content (AvgIpc) is 2.96. The van der Waals surface area contributed by atoms with E-state index in [1.165, 1.54) is 16.7 Å². The fourth-order valence-electron chi connectivity index (χ4n) is 3.61. The zero-order chi connectivity index (χ0) is 20.3. The molecule has 1 aromatic carbocycles. The van der Waals surface area contributed by atoms with E-state index in [0.29, 0.717) is 27.2 Å². The van der Waals surface area contributed by atoms with Gasteiger partial charge in [0, 0.05) is 24.2 Å². The topological polar surface area (TPSA) is 60.9 Å². The number of thiocarbonyl (C=S) groups is 1. The Morgan fingerprint density at radius 3 is 2.79 bits per heavy atom. The van der Waals surface area contributed by atoms with Crippen molar-refractivity contribution in [3.8, 4) is 0 Å². The third kappa shape index (κ3) is 4.59. The largest absolute Gasteiger partial charge is 0.396 e. The van der Waals surface area contributed by atoms with Crippen LogP contribution in [-0.4, -0.2) is 56.3 Å². The van der Waals surface area contributed by atoms with Crippen molar-refractivity contribution >= 4 is 57.8 Å². The third-order valence-electron chi connectivity index (χ3n) is 5.11. The van der Waals surface area contributed by atoms with Crippen molar-refractivity contribution in [1.29, 1.82) is 0 Å². The number of likely N-dealkylation sites (tertiary alicyclic amines) is 1. The van der Waals surface area contributed by atoms with Gasteiger partial charge in [-0.05, 0) is 56.4 Å². The Morgan fingerprint density at radius 1 is 1.39 bits per heavy atom. The van der Waals surface area contributed by atoms with Gasteiger partial charge in [0.15, 0.2) is 0 Å². The number of nitrogens with zero attached hydrogens (tertiary/aromatic N) is 2. The number of benzene rings is 1. The van der Waals surface area contributed by atoms with Gasteiger partial charge in [0.05, 0.1) is 4.91 Å². The number of hydrogen-bond donors (Lipinski definition) is 1. The lowest BCUT2D eigenvalue weighted by Crippen LogP contribution is -2.53. The van der Waals surface area contributed by atoms with E-state index >= 15 is 0 Å². The van der Waals surface area contributed by atoms with Crippen LogP contribution >= 0.6 is 35.6 Å². The highest BCUT2D eigenvalue weighted by molar-refractivity contribution is 8.26. The summed E-state index contributed by atoms with van der Waals surface area (Å²) < 4.78 is 0.391.